The number of amides is 1. The van der Waals surface area contributed by atoms with E-state index < -0.39 is 5.82 Å². The number of carbonyl (C=O) groups is 1. The Morgan fingerprint density at radius 2 is 2.37 bits per heavy atom. The van der Waals surface area contributed by atoms with Crippen molar-refractivity contribution in [1.82, 2.24) is 9.55 Å². The Kier molecular flexibility index (Phi) is 4.44. The van der Waals surface area contributed by atoms with E-state index >= 15 is 0 Å². The number of rotatable bonds is 4. The number of nitrogens with one attached hydrogen (secondary N) is 1. The Morgan fingerprint density at radius 3 is 3.00 bits per heavy atom. The van der Waals surface area contributed by atoms with Crippen LogP contribution in [0.1, 0.15) is 0 Å². The number of halogens is 2. The van der Waals surface area contributed by atoms with E-state index in [1.54, 1.807) is 12.4 Å². The minimum Gasteiger partial charge on any atom is -0.329 e. The zero-order valence-corrected chi connectivity index (χ0v) is 11.6. The van der Waals surface area contributed by atoms with Gasteiger partial charge >= 0.3 is 0 Å². The molecule has 2 rings (SSSR count). The lowest BCUT2D eigenvalue weighted by Gasteiger charge is -2.05. The highest BCUT2D eigenvalue weighted by Crippen LogP contribution is 2.20. The van der Waals surface area contributed by atoms with Crippen LogP contribution in [0.3, 0.4) is 0 Å². The predicted molar refractivity (Wildman–Crippen MR) is 74.0 cm³/mol. The molecule has 100 valence electrons. The maximum Gasteiger partial charge on any atom is 0.234 e. The Morgan fingerprint density at radius 1 is 1.58 bits per heavy atom. The van der Waals surface area contributed by atoms with Gasteiger partial charge in [0.05, 0.1) is 10.8 Å². The lowest BCUT2D eigenvalue weighted by molar-refractivity contribution is -0.113. The summed E-state index contributed by atoms with van der Waals surface area (Å²) in [5.41, 5.74) is 0.469. The first-order chi connectivity index (χ1) is 9.06. The van der Waals surface area contributed by atoms with Gasteiger partial charge < -0.3 is 9.88 Å². The maximum absolute atomic E-state index is 13.0. The van der Waals surface area contributed by atoms with Crippen LogP contribution in [0.4, 0.5) is 10.1 Å². The number of anilines is 1. The van der Waals surface area contributed by atoms with Crippen LogP contribution in [-0.2, 0) is 11.8 Å². The number of hydrogen-bond acceptors (Lipinski definition) is 3. The third-order valence-corrected chi connectivity index (χ3v) is 3.66. The van der Waals surface area contributed by atoms with Crippen molar-refractivity contribution in [2.45, 2.75) is 5.16 Å². The van der Waals surface area contributed by atoms with E-state index in [0.29, 0.717) is 5.69 Å². The number of nitrogens with zero attached hydrogens (tertiary/aromatic N) is 2. The fourth-order valence-electron chi connectivity index (χ4n) is 1.39. The minimum absolute atomic E-state index is 0.0189. The van der Waals surface area contributed by atoms with Gasteiger partial charge in [0.1, 0.15) is 5.82 Å². The minimum atomic E-state index is -0.512. The smallest absolute Gasteiger partial charge is 0.234 e. The molecule has 0 saturated heterocycles. The standard InChI is InChI=1S/C12H11ClFN3OS/c1-17-5-4-15-12(17)19-7-11(18)16-8-2-3-10(14)9(13)6-8/h2-6H,7H2,1H3,(H,16,18). The molecule has 0 unspecified atom stereocenters. The topological polar surface area (TPSA) is 46.9 Å². The average molecular weight is 300 g/mol. The van der Waals surface area contributed by atoms with E-state index in [-0.39, 0.29) is 16.7 Å². The summed E-state index contributed by atoms with van der Waals surface area (Å²) in [5.74, 6) is -0.488. The van der Waals surface area contributed by atoms with Gasteiger partial charge in [0.25, 0.3) is 0 Å². The van der Waals surface area contributed by atoms with Gasteiger partial charge in [-0.15, -0.1) is 0 Å². The third-order valence-electron chi connectivity index (χ3n) is 2.31. The largest absolute Gasteiger partial charge is 0.329 e. The van der Waals surface area contributed by atoms with Crippen LogP contribution in [0.5, 0.6) is 0 Å². The molecule has 0 saturated carbocycles. The molecule has 4 nitrogen and oxygen atoms in total. The first kappa shape index (κ1) is 13.9. The first-order valence-electron chi connectivity index (χ1n) is 5.41. The molecule has 0 aliphatic carbocycles. The van der Waals surface area contributed by atoms with Crippen molar-refractivity contribution in [3.8, 4) is 0 Å². The van der Waals surface area contributed by atoms with Crippen molar-refractivity contribution in [3.63, 3.8) is 0 Å². The number of hydrogen-bond donors (Lipinski definition) is 1. The quantitative estimate of drug-likeness (QED) is 0.883. The molecular formula is C12H11ClFN3OS. The van der Waals surface area contributed by atoms with Crippen LogP contribution in [-0.4, -0.2) is 21.2 Å². The normalized spacial score (nSPS) is 10.5. The number of imidazole rings is 1. The summed E-state index contributed by atoms with van der Waals surface area (Å²) < 4.78 is 14.8. The molecule has 0 aliphatic rings. The summed E-state index contributed by atoms with van der Waals surface area (Å²) in [6, 6.07) is 4.05. The highest BCUT2D eigenvalue weighted by atomic mass is 35.5. The van der Waals surface area contributed by atoms with Crippen LogP contribution in [0.2, 0.25) is 5.02 Å². The lowest BCUT2D eigenvalue weighted by Crippen LogP contribution is -2.14. The van der Waals surface area contributed by atoms with Crippen LogP contribution in [0.15, 0.2) is 35.7 Å². The Labute approximate surface area is 119 Å². The molecule has 1 aromatic heterocycles. The van der Waals surface area contributed by atoms with Crippen LogP contribution in [0.25, 0.3) is 0 Å². The van der Waals surface area contributed by atoms with E-state index in [0.717, 1.165) is 5.16 Å². The molecule has 7 heteroatoms. The molecule has 0 aliphatic heterocycles. The molecule has 2 aromatic rings. The Balaban J connectivity index is 1.91. The van der Waals surface area contributed by atoms with E-state index in [1.165, 1.54) is 30.0 Å². The summed E-state index contributed by atoms with van der Waals surface area (Å²) in [7, 11) is 1.85. The summed E-state index contributed by atoms with van der Waals surface area (Å²) in [6.45, 7) is 0. The SMILES string of the molecule is Cn1ccnc1SCC(=O)Nc1ccc(F)c(Cl)c1. The van der Waals surface area contributed by atoms with Crippen molar-refractivity contribution in [3.05, 3.63) is 41.4 Å². The number of aryl methyl sites for hydroxylation is 1. The molecule has 1 aromatic carbocycles. The predicted octanol–water partition coefficient (Wildman–Crippen LogP) is 2.94. The zero-order valence-electron chi connectivity index (χ0n) is 10.1. The molecule has 1 amide bonds. The Hall–Kier alpha value is -1.53. The molecule has 0 radical (unpaired) electrons. The van der Waals surface area contributed by atoms with Crippen LogP contribution >= 0.6 is 23.4 Å². The second-order valence-corrected chi connectivity index (χ2v) is 5.14. The molecule has 19 heavy (non-hydrogen) atoms. The van der Waals surface area contributed by atoms with Gasteiger partial charge in [0.2, 0.25) is 5.91 Å². The molecule has 0 fully saturated rings. The van der Waals surface area contributed by atoms with Gasteiger partial charge in [-0.05, 0) is 18.2 Å². The molecule has 1 N–H and O–H groups in total. The summed E-state index contributed by atoms with van der Waals surface area (Å²) in [5, 5.41) is 3.38. The van der Waals surface area contributed by atoms with Crippen molar-refractivity contribution in [2.75, 3.05) is 11.1 Å². The maximum atomic E-state index is 13.0. The first-order valence-corrected chi connectivity index (χ1v) is 6.77. The number of carbonyl (C=O) groups excluding carboxylic acids is 1. The van der Waals surface area contributed by atoms with Crippen LogP contribution < -0.4 is 5.32 Å². The van der Waals surface area contributed by atoms with Gasteiger partial charge in [0, 0.05) is 25.1 Å². The van der Waals surface area contributed by atoms with Gasteiger partial charge in [-0.1, -0.05) is 23.4 Å². The molecule has 0 atom stereocenters. The number of aromatic nitrogens is 2. The van der Waals surface area contributed by atoms with Gasteiger partial charge in [-0.2, -0.15) is 0 Å². The number of thioether (sulfide) groups is 1. The third kappa shape index (κ3) is 3.71. The van der Waals surface area contributed by atoms with Crippen molar-refractivity contribution >= 4 is 35.0 Å². The van der Waals surface area contributed by atoms with E-state index in [9.17, 15) is 9.18 Å². The highest BCUT2D eigenvalue weighted by Gasteiger charge is 2.08. The second kappa shape index (κ2) is 6.08. The lowest BCUT2D eigenvalue weighted by atomic mass is 10.3. The molecule has 0 spiro atoms. The zero-order chi connectivity index (χ0) is 13.8. The summed E-state index contributed by atoms with van der Waals surface area (Å²) >= 11 is 6.95. The number of benzene rings is 1. The monoisotopic (exact) mass is 299 g/mol. The van der Waals surface area contributed by atoms with Crippen molar-refractivity contribution in [2.24, 2.45) is 7.05 Å². The molecule has 0 bridgehead atoms. The summed E-state index contributed by atoms with van der Waals surface area (Å²) in [6.07, 6.45) is 3.47. The second-order valence-electron chi connectivity index (χ2n) is 3.79. The van der Waals surface area contributed by atoms with Gasteiger partial charge in [0.15, 0.2) is 5.16 Å². The molecule has 1 heterocycles. The fourth-order valence-corrected chi connectivity index (χ4v) is 2.30. The highest BCUT2D eigenvalue weighted by molar-refractivity contribution is 7.99. The van der Waals surface area contributed by atoms with E-state index in [1.807, 2.05) is 11.6 Å². The molecular weight excluding hydrogens is 289 g/mol. The van der Waals surface area contributed by atoms with Crippen molar-refractivity contribution < 1.29 is 9.18 Å². The van der Waals surface area contributed by atoms with Gasteiger partial charge in [-0.3, -0.25) is 4.79 Å². The van der Waals surface area contributed by atoms with E-state index in [2.05, 4.69) is 10.3 Å². The van der Waals surface area contributed by atoms with Crippen LogP contribution in [0, 0.1) is 5.82 Å². The summed E-state index contributed by atoms with van der Waals surface area (Å²) in [4.78, 5) is 15.8. The van der Waals surface area contributed by atoms with Crippen molar-refractivity contribution in [1.29, 1.82) is 0 Å². The fraction of sp³-hybridized carbons (Fsp3) is 0.167. The van der Waals surface area contributed by atoms with E-state index in [4.69, 9.17) is 11.6 Å². The van der Waals surface area contributed by atoms with Gasteiger partial charge in [-0.25, -0.2) is 9.37 Å². The Bertz CT molecular complexity index is 602. The average Bonchev–Trinajstić information content (AvgIpc) is 2.77.